The summed E-state index contributed by atoms with van der Waals surface area (Å²) in [5.41, 5.74) is 17.9. The molecular formula is C23H30ClN9O3. The molecule has 1 aromatic heterocycles. The van der Waals surface area contributed by atoms with Crippen LogP contribution in [0.1, 0.15) is 54.6 Å². The maximum Gasteiger partial charge on any atom is 0.279 e. The lowest BCUT2D eigenvalue weighted by Crippen LogP contribution is -2.36. The van der Waals surface area contributed by atoms with Gasteiger partial charge in [-0.15, -0.1) is 0 Å². The van der Waals surface area contributed by atoms with E-state index in [9.17, 15) is 14.4 Å². The fraction of sp³-hybridized carbons (Fsp3) is 0.391. The van der Waals surface area contributed by atoms with Crippen molar-refractivity contribution in [2.24, 2.45) is 5.73 Å². The van der Waals surface area contributed by atoms with E-state index in [0.717, 1.165) is 32.1 Å². The number of nitrogens with one attached hydrogen (secondary N) is 4. The molecule has 0 spiro atoms. The number of amides is 3. The molecule has 2 atom stereocenters. The van der Waals surface area contributed by atoms with Crippen molar-refractivity contribution in [3.63, 3.8) is 0 Å². The van der Waals surface area contributed by atoms with Gasteiger partial charge in [0.1, 0.15) is 5.84 Å². The molecule has 3 amide bonds. The van der Waals surface area contributed by atoms with E-state index in [-0.39, 0.29) is 59.2 Å². The van der Waals surface area contributed by atoms with Crippen molar-refractivity contribution in [3.05, 3.63) is 40.7 Å². The Morgan fingerprint density at radius 3 is 2.44 bits per heavy atom. The Labute approximate surface area is 213 Å². The number of nitrogens with zero attached hydrogens (tertiary/aromatic N) is 2. The molecule has 0 radical (unpaired) electrons. The van der Waals surface area contributed by atoms with Gasteiger partial charge in [-0.2, -0.15) is 0 Å². The van der Waals surface area contributed by atoms with Gasteiger partial charge >= 0.3 is 0 Å². The minimum absolute atomic E-state index is 0.0279. The first kappa shape index (κ1) is 26.8. The molecule has 2 heterocycles. The summed E-state index contributed by atoms with van der Waals surface area (Å²) in [6.07, 6.45) is 4.90. The third-order valence-electron chi connectivity index (χ3n) is 5.68. The van der Waals surface area contributed by atoms with Gasteiger partial charge in [0.05, 0.1) is 6.04 Å². The maximum absolute atomic E-state index is 12.3. The highest BCUT2D eigenvalue weighted by Gasteiger charge is 2.39. The van der Waals surface area contributed by atoms with Crippen molar-refractivity contribution >= 4 is 52.5 Å². The van der Waals surface area contributed by atoms with Gasteiger partial charge in [0.15, 0.2) is 22.5 Å². The number of aromatic nitrogens is 2. The van der Waals surface area contributed by atoms with Crippen LogP contribution in [0.15, 0.2) is 24.3 Å². The third kappa shape index (κ3) is 7.89. The Hall–Kier alpha value is -3.77. The zero-order valence-corrected chi connectivity index (χ0v) is 20.4. The van der Waals surface area contributed by atoms with Crippen LogP contribution in [-0.2, 0) is 16.0 Å². The van der Waals surface area contributed by atoms with Gasteiger partial charge in [-0.3, -0.25) is 19.8 Å². The number of carbonyl (C=O) groups excluding carboxylic acids is 3. The van der Waals surface area contributed by atoms with Crippen molar-refractivity contribution < 1.29 is 14.4 Å². The number of nitrogens with two attached hydrogens (primary N) is 3. The summed E-state index contributed by atoms with van der Waals surface area (Å²) in [6, 6.07) is 7.53. The van der Waals surface area contributed by atoms with Crippen molar-refractivity contribution in [2.45, 2.75) is 57.0 Å². The van der Waals surface area contributed by atoms with Crippen molar-refractivity contribution in [3.8, 4) is 0 Å². The van der Waals surface area contributed by atoms with E-state index in [1.54, 1.807) is 0 Å². The molecule has 0 aliphatic carbocycles. The van der Waals surface area contributed by atoms with Crippen LogP contribution in [0.4, 0.5) is 17.3 Å². The Morgan fingerprint density at radius 2 is 1.75 bits per heavy atom. The fourth-order valence-electron chi connectivity index (χ4n) is 3.66. The zero-order chi connectivity index (χ0) is 26.2. The predicted octanol–water partition coefficient (Wildman–Crippen LogP) is 1.35. The Kier molecular flexibility index (Phi) is 9.14. The first-order chi connectivity index (χ1) is 17.1. The number of hydrogen-bond acceptors (Lipinski definition) is 9. The third-order valence-corrected chi connectivity index (χ3v) is 5.96. The second-order valence-electron chi connectivity index (χ2n) is 8.56. The lowest BCUT2D eigenvalue weighted by atomic mass is 10.0. The van der Waals surface area contributed by atoms with Crippen LogP contribution in [0.2, 0.25) is 5.15 Å². The van der Waals surface area contributed by atoms with Crippen LogP contribution in [0.5, 0.6) is 0 Å². The van der Waals surface area contributed by atoms with Crippen LogP contribution in [0.3, 0.4) is 0 Å². The SMILES string of the molecule is N=C(NC(=O)c1nc(Cl)c(N)nc1N)C1NC1CCCCCc1ccc(NC(=O)CCC(N)=O)cc1. The molecule has 36 heavy (non-hydrogen) atoms. The standard InChI is InChI=1S/C23H30ClN9O3/c24-19-22(28)32-21(27)18(31-19)23(36)33-20(26)17-14(30-17)5-3-1-2-4-12-6-8-13(9-7-12)29-16(35)11-10-15(25)34/h6-9,14,17,30H,1-5,10-11H2,(H2,25,34)(H,29,35)(H2,26,33,36)(H4,27,28,32). The molecule has 1 saturated heterocycles. The van der Waals surface area contributed by atoms with Gasteiger partial charge in [-0.1, -0.05) is 36.6 Å². The molecule has 2 aromatic rings. The number of rotatable bonds is 12. The molecule has 1 aromatic carbocycles. The molecule has 192 valence electrons. The summed E-state index contributed by atoms with van der Waals surface area (Å²) < 4.78 is 0. The number of unbranched alkanes of at least 4 members (excludes halogenated alkanes) is 2. The Morgan fingerprint density at radius 1 is 1.03 bits per heavy atom. The summed E-state index contributed by atoms with van der Waals surface area (Å²) in [7, 11) is 0. The van der Waals surface area contributed by atoms with Crippen molar-refractivity contribution in [1.82, 2.24) is 20.6 Å². The minimum Gasteiger partial charge on any atom is -0.382 e. The summed E-state index contributed by atoms with van der Waals surface area (Å²) in [4.78, 5) is 42.4. The largest absolute Gasteiger partial charge is 0.382 e. The number of amidine groups is 1. The number of anilines is 3. The lowest BCUT2D eigenvalue weighted by Gasteiger charge is -2.08. The van der Waals surface area contributed by atoms with Crippen molar-refractivity contribution in [2.75, 3.05) is 16.8 Å². The predicted molar refractivity (Wildman–Crippen MR) is 137 cm³/mol. The molecule has 13 heteroatoms. The van der Waals surface area contributed by atoms with E-state index in [0.29, 0.717) is 5.69 Å². The van der Waals surface area contributed by atoms with Gasteiger partial charge in [0.25, 0.3) is 5.91 Å². The number of nitrogen functional groups attached to an aromatic ring is 2. The first-order valence-corrected chi connectivity index (χ1v) is 11.9. The van der Waals surface area contributed by atoms with Crippen LogP contribution in [0, 0.1) is 5.41 Å². The quantitative estimate of drug-likeness (QED) is 0.0941. The van der Waals surface area contributed by atoms with Crippen LogP contribution < -0.4 is 33.2 Å². The van der Waals surface area contributed by atoms with E-state index >= 15 is 0 Å². The molecule has 0 bridgehead atoms. The topological polar surface area (TPSA) is 225 Å². The molecule has 2 unspecified atom stereocenters. The van der Waals surface area contributed by atoms with Crippen LogP contribution in [0.25, 0.3) is 0 Å². The monoisotopic (exact) mass is 515 g/mol. The minimum atomic E-state index is -0.657. The fourth-order valence-corrected chi connectivity index (χ4v) is 3.79. The number of primary amides is 1. The van der Waals surface area contributed by atoms with E-state index in [4.69, 9.17) is 34.2 Å². The highest BCUT2D eigenvalue weighted by Crippen LogP contribution is 2.21. The Bertz CT molecular complexity index is 1140. The summed E-state index contributed by atoms with van der Waals surface area (Å²) in [6.45, 7) is 0. The first-order valence-electron chi connectivity index (χ1n) is 11.6. The van der Waals surface area contributed by atoms with Crippen molar-refractivity contribution in [1.29, 1.82) is 5.41 Å². The maximum atomic E-state index is 12.3. The Balaban J connectivity index is 1.31. The smallest absolute Gasteiger partial charge is 0.279 e. The summed E-state index contributed by atoms with van der Waals surface area (Å²) in [5, 5.41) is 16.4. The van der Waals surface area contributed by atoms with Crippen LogP contribution in [-0.4, -0.2) is 45.6 Å². The normalized spacial score (nSPS) is 16.2. The second kappa shape index (κ2) is 12.3. The van der Waals surface area contributed by atoms with Gasteiger partial charge in [0, 0.05) is 24.6 Å². The van der Waals surface area contributed by atoms with E-state index in [1.807, 2.05) is 24.3 Å². The molecule has 0 saturated carbocycles. The molecule has 1 aliphatic heterocycles. The second-order valence-corrected chi connectivity index (χ2v) is 8.92. The molecule has 1 aliphatic rings. The molecular weight excluding hydrogens is 486 g/mol. The van der Waals surface area contributed by atoms with E-state index < -0.39 is 11.8 Å². The summed E-state index contributed by atoms with van der Waals surface area (Å²) >= 11 is 5.80. The molecule has 12 nitrogen and oxygen atoms in total. The van der Waals surface area contributed by atoms with Gasteiger partial charge < -0.3 is 33.2 Å². The number of hydrogen-bond donors (Lipinski definition) is 7. The number of carbonyl (C=O) groups is 3. The molecule has 1 fully saturated rings. The van der Waals surface area contributed by atoms with E-state index in [1.165, 1.54) is 5.56 Å². The highest BCUT2D eigenvalue weighted by atomic mass is 35.5. The average molecular weight is 516 g/mol. The van der Waals surface area contributed by atoms with Gasteiger partial charge in [0.2, 0.25) is 11.8 Å². The van der Waals surface area contributed by atoms with Gasteiger partial charge in [-0.05, 0) is 37.0 Å². The van der Waals surface area contributed by atoms with Crippen LogP contribution >= 0.6 is 11.6 Å². The number of benzene rings is 1. The van der Waals surface area contributed by atoms with E-state index in [2.05, 4.69) is 25.9 Å². The summed E-state index contributed by atoms with van der Waals surface area (Å²) in [5.74, 6) is -1.57. The molecule has 10 N–H and O–H groups in total. The molecule has 3 rings (SSSR count). The number of halogens is 1. The zero-order valence-electron chi connectivity index (χ0n) is 19.6. The average Bonchev–Trinajstić information content (AvgIpc) is 3.60. The lowest BCUT2D eigenvalue weighted by molar-refractivity contribution is -0.122. The van der Waals surface area contributed by atoms with Gasteiger partial charge in [-0.25, -0.2) is 9.97 Å². The highest BCUT2D eigenvalue weighted by molar-refractivity contribution is 6.31. The number of aryl methyl sites for hydroxylation is 1.